The molecular weight excluding hydrogens is 284 g/mol. The summed E-state index contributed by atoms with van der Waals surface area (Å²) >= 11 is 0. The first-order valence-electron chi connectivity index (χ1n) is 7.62. The highest BCUT2D eigenvalue weighted by molar-refractivity contribution is 5.77. The first-order valence-corrected chi connectivity index (χ1v) is 7.62. The molecule has 1 fully saturated rings. The predicted octanol–water partition coefficient (Wildman–Crippen LogP) is 1.50. The molecule has 1 aromatic rings. The van der Waals surface area contributed by atoms with Gasteiger partial charge in [0.15, 0.2) is 0 Å². The zero-order valence-corrected chi connectivity index (χ0v) is 12.3. The molecule has 118 valence electrons. The van der Waals surface area contributed by atoms with Gasteiger partial charge < -0.3 is 20.1 Å². The van der Waals surface area contributed by atoms with Crippen LogP contribution in [0.5, 0.6) is 5.75 Å². The normalized spacial score (nSPS) is 24.1. The van der Waals surface area contributed by atoms with Gasteiger partial charge in [-0.2, -0.15) is 0 Å². The van der Waals surface area contributed by atoms with Crippen molar-refractivity contribution in [1.82, 2.24) is 10.2 Å². The Kier molecular flexibility index (Phi) is 4.18. The molecule has 0 aliphatic carbocycles. The number of rotatable bonds is 2. The van der Waals surface area contributed by atoms with Gasteiger partial charge >= 0.3 is 12.0 Å². The number of hydrogen-bond donors (Lipinski definition) is 2. The standard InChI is InChI=1S/C16H20N2O4/c19-15(20)12-5-3-7-18(9-12)16(21)17-13-8-11-4-1-2-6-14(11)22-10-13/h1-2,4,6,12-13H,3,5,7-10H2,(H,17,21)(H,19,20). The van der Waals surface area contributed by atoms with Crippen LogP contribution in [0.4, 0.5) is 4.79 Å². The van der Waals surface area contributed by atoms with E-state index in [-0.39, 0.29) is 18.6 Å². The van der Waals surface area contributed by atoms with Gasteiger partial charge in [0, 0.05) is 13.1 Å². The van der Waals surface area contributed by atoms with Crippen LogP contribution in [0.3, 0.4) is 0 Å². The van der Waals surface area contributed by atoms with Crippen LogP contribution >= 0.6 is 0 Å². The van der Waals surface area contributed by atoms with Crippen LogP contribution in [0.25, 0.3) is 0 Å². The van der Waals surface area contributed by atoms with E-state index in [1.807, 2.05) is 24.3 Å². The molecule has 0 bridgehead atoms. The maximum absolute atomic E-state index is 12.3. The van der Waals surface area contributed by atoms with E-state index in [1.54, 1.807) is 4.90 Å². The molecular formula is C16H20N2O4. The summed E-state index contributed by atoms with van der Waals surface area (Å²) in [5.74, 6) is -0.410. The van der Waals surface area contributed by atoms with Crippen LogP contribution in [0, 0.1) is 5.92 Å². The highest BCUT2D eigenvalue weighted by atomic mass is 16.5. The quantitative estimate of drug-likeness (QED) is 0.868. The highest BCUT2D eigenvalue weighted by Crippen LogP contribution is 2.24. The van der Waals surface area contributed by atoms with Gasteiger partial charge in [-0.1, -0.05) is 18.2 Å². The molecule has 2 aliphatic rings. The number of urea groups is 1. The molecule has 22 heavy (non-hydrogen) atoms. The molecule has 3 rings (SSSR count). The number of aliphatic carboxylic acids is 1. The molecule has 1 aromatic carbocycles. The van der Waals surface area contributed by atoms with Gasteiger partial charge in [-0.3, -0.25) is 4.79 Å². The molecule has 2 heterocycles. The Morgan fingerprint density at radius 2 is 2.14 bits per heavy atom. The van der Waals surface area contributed by atoms with Gasteiger partial charge in [0.2, 0.25) is 0 Å². The summed E-state index contributed by atoms with van der Waals surface area (Å²) < 4.78 is 5.66. The van der Waals surface area contributed by atoms with Gasteiger partial charge in [-0.05, 0) is 30.9 Å². The number of nitrogens with zero attached hydrogens (tertiary/aromatic N) is 1. The maximum atomic E-state index is 12.3. The summed E-state index contributed by atoms with van der Waals surface area (Å²) in [6, 6.07) is 7.53. The number of carboxylic acid groups (broad SMARTS) is 1. The van der Waals surface area contributed by atoms with Crippen molar-refractivity contribution in [3.05, 3.63) is 29.8 Å². The van der Waals surface area contributed by atoms with E-state index in [4.69, 9.17) is 9.84 Å². The van der Waals surface area contributed by atoms with Crippen molar-refractivity contribution < 1.29 is 19.4 Å². The molecule has 2 unspecified atom stereocenters. The molecule has 0 saturated carbocycles. The van der Waals surface area contributed by atoms with Crippen LogP contribution in [0.1, 0.15) is 18.4 Å². The number of hydrogen-bond acceptors (Lipinski definition) is 3. The van der Waals surface area contributed by atoms with Crippen LogP contribution < -0.4 is 10.1 Å². The third-order valence-electron chi connectivity index (χ3n) is 4.26. The number of likely N-dealkylation sites (tertiary alicyclic amines) is 1. The fraction of sp³-hybridized carbons (Fsp3) is 0.500. The lowest BCUT2D eigenvalue weighted by Gasteiger charge is -2.33. The zero-order valence-electron chi connectivity index (χ0n) is 12.3. The predicted molar refractivity (Wildman–Crippen MR) is 79.9 cm³/mol. The molecule has 6 nitrogen and oxygen atoms in total. The third-order valence-corrected chi connectivity index (χ3v) is 4.26. The number of piperidine rings is 1. The number of para-hydroxylation sites is 1. The summed E-state index contributed by atoms with van der Waals surface area (Å²) in [5, 5.41) is 12.0. The fourth-order valence-electron chi connectivity index (χ4n) is 3.05. The van der Waals surface area contributed by atoms with Gasteiger partial charge in [0.05, 0.1) is 12.0 Å². The minimum Gasteiger partial charge on any atom is -0.491 e. The van der Waals surface area contributed by atoms with E-state index in [2.05, 4.69) is 5.32 Å². The second-order valence-corrected chi connectivity index (χ2v) is 5.89. The van der Waals surface area contributed by atoms with Crippen molar-refractivity contribution in [1.29, 1.82) is 0 Å². The van der Waals surface area contributed by atoms with Crippen molar-refractivity contribution in [2.24, 2.45) is 5.92 Å². The largest absolute Gasteiger partial charge is 0.491 e. The van der Waals surface area contributed by atoms with Crippen LogP contribution in [0.15, 0.2) is 24.3 Å². The molecule has 2 N–H and O–H groups in total. The molecule has 2 aliphatic heterocycles. The van der Waals surface area contributed by atoms with E-state index < -0.39 is 11.9 Å². The minimum atomic E-state index is -0.826. The van der Waals surface area contributed by atoms with E-state index in [9.17, 15) is 9.59 Å². The number of carbonyl (C=O) groups excluding carboxylic acids is 1. The molecule has 0 spiro atoms. The smallest absolute Gasteiger partial charge is 0.317 e. The molecule has 2 atom stereocenters. The number of fused-ring (bicyclic) bond motifs is 1. The highest BCUT2D eigenvalue weighted by Gasteiger charge is 2.30. The molecule has 0 aromatic heterocycles. The average Bonchev–Trinajstić information content (AvgIpc) is 2.55. The molecule has 2 amide bonds. The van der Waals surface area contributed by atoms with Crippen molar-refractivity contribution >= 4 is 12.0 Å². The van der Waals surface area contributed by atoms with E-state index in [0.29, 0.717) is 19.6 Å². The van der Waals surface area contributed by atoms with E-state index in [1.165, 1.54) is 0 Å². The van der Waals surface area contributed by atoms with Gasteiger partial charge in [-0.15, -0.1) is 0 Å². The number of ether oxygens (including phenoxy) is 1. The van der Waals surface area contributed by atoms with Gasteiger partial charge in [0.1, 0.15) is 12.4 Å². The van der Waals surface area contributed by atoms with Crippen LogP contribution in [0.2, 0.25) is 0 Å². The lowest BCUT2D eigenvalue weighted by molar-refractivity contribution is -0.143. The first-order chi connectivity index (χ1) is 10.6. The Morgan fingerprint density at radius 3 is 2.95 bits per heavy atom. The summed E-state index contributed by atoms with van der Waals surface area (Å²) in [7, 11) is 0. The number of carbonyl (C=O) groups is 2. The monoisotopic (exact) mass is 304 g/mol. The lowest BCUT2D eigenvalue weighted by Crippen LogP contribution is -2.52. The van der Waals surface area contributed by atoms with Crippen molar-refractivity contribution in [3.8, 4) is 5.75 Å². The number of amides is 2. The topological polar surface area (TPSA) is 78.9 Å². The van der Waals surface area contributed by atoms with Gasteiger partial charge in [0.25, 0.3) is 0 Å². The van der Waals surface area contributed by atoms with Crippen molar-refractivity contribution in [2.45, 2.75) is 25.3 Å². The zero-order chi connectivity index (χ0) is 15.5. The summed E-state index contributed by atoms with van der Waals surface area (Å²) in [6.07, 6.45) is 2.10. The van der Waals surface area contributed by atoms with Crippen LogP contribution in [-0.2, 0) is 11.2 Å². The number of benzene rings is 1. The van der Waals surface area contributed by atoms with Crippen molar-refractivity contribution in [2.75, 3.05) is 19.7 Å². The minimum absolute atomic E-state index is 0.0763. The van der Waals surface area contributed by atoms with E-state index >= 15 is 0 Å². The van der Waals surface area contributed by atoms with E-state index in [0.717, 1.165) is 24.2 Å². The second-order valence-electron chi connectivity index (χ2n) is 5.89. The number of carboxylic acids is 1. The molecule has 1 saturated heterocycles. The Balaban J connectivity index is 1.57. The first kappa shape index (κ1) is 14.7. The summed E-state index contributed by atoms with van der Waals surface area (Å²) in [5.41, 5.74) is 1.08. The van der Waals surface area contributed by atoms with Crippen molar-refractivity contribution in [3.63, 3.8) is 0 Å². The Morgan fingerprint density at radius 1 is 1.32 bits per heavy atom. The molecule has 6 heteroatoms. The summed E-state index contributed by atoms with van der Waals surface area (Å²) in [4.78, 5) is 25.0. The third kappa shape index (κ3) is 3.16. The maximum Gasteiger partial charge on any atom is 0.317 e. The fourth-order valence-corrected chi connectivity index (χ4v) is 3.05. The average molecular weight is 304 g/mol. The van der Waals surface area contributed by atoms with Gasteiger partial charge in [-0.25, -0.2) is 4.79 Å². The SMILES string of the molecule is O=C(O)C1CCCN(C(=O)NC2COc3ccccc3C2)C1. The molecule has 0 radical (unpaired) electrons. The second kappa shape index (κ2) is 6.25. The number of nitrogens with one attached hydrogen (secondary N) is 1. The summed E-state index contributed by atoms with van der Waals surface area (Å²) in [6.45, 7) is 1.34. The van der Waals surface area contributed by atoms with Crippen LogP contribution in [-0.4, -0.2) is 47.7 Å². The lowest BCUT2D eigenvalue weighted by atomic mass is 9.98. The Labute approximate surface area is 129 Å². The Hall–Kier alpha value is -2.24. The Bertz CT molecular complexity index is 575.